The van der Waals surface area contributed by atoms with E-state index in [9.17, 15) is 0 Å². The SMILES string of the molecule is CNC(C1CCCCC1)C1CCCN1. The van der Waals surface area contributed by atoms with Gasteiger partial charge in [0.15, 0.2) is 0 Å². The molecule has 1 saturated heterocycles. The number of hydrogen-bond donors (Lipinski definition) is 2. The maximum Gasteiger partial charge on any atom is 0.0246 e. The first kappa shape index (κ1) is 10.4. The molecule has 2 fully saturated rings. The highest BCUT2D eigenvalue weighted by Gasteiger charge is 2.30. The first-order valence-corrected chi connectivity index (χ1v) is 6.32. The van der Waals surface area contributed by atoms with E-state index in [1.165, 1.54) is 51.5 Å². The fraction of sp³-hybridized carbons (Fsp3) is 1.00. The molecule has 0 aromatic carbocycles. The molecule has 1 heterocycles. The average molecular weight is 196 g/mol. The Morgan fingerprint density at radius 1 is 1.07 bits per heavy atom. The van der Waals surface area contributed by atoms with Crippen LogP contribution in [0.3, 0.4) is 0 Å². The zero-order chi connectivity index (χ0) is 9.80. The summed E-state index contributed by atoms with van der Waals surface area (Å²) < 4.78 is 0. The Balaban J connectivity index is 1.89. The summed E-state index contributed by atoms with van der Waals surface area (Å²) in [6.45, 7) is 1.23. The Hall–Kier alpha value is -0.0800. The van der Waals surface area contributed by atoms with E-state index < -0.39 is 0 Å². The van der Waals surface area contributed by atoms with E-state index in [-0.39, 0.29) is 0 Å². The molecule has 14 heavy (non-hydrogen) atoms. The maximum atomic E-state index is 3.64. The second-order valence-corrected chi connectivity index (χ2v) is 4.92. The summed E-state index contributed by atoms with van der Waals surface area (Å²) in [5.74, 6) is 0.935. The van der Waals surface area contributed by atoms with Gasteiger partial charge in [0.25, 0.3) is 0 Å². The smallest absolute Gasteiger partial charge is 0.0246 e. The zero-order valence-corrected chi connectivity index (χ0v) is 9.39. The van der Waals surface area contributed by atoms with Gasteiger partial charge >= 0.3 is 0 Å². The van der Waals surface area contributed by atoms with Crippen molar-refractivity contribution in [1.82, 2.24) is 10.6 Å². The van der Waals surface area contributed by atoms with Gasteiger partial charge in [-0.15, -0.1) is 0 Å². The summed E-state index contributed by atoms with van der Waals surface area (Å²) in [5, 5.41) is 7.19. The monoisotopic (exact) mass is 196 g/mol. The molecule has 2 rings (SSSR count). The van der Waals surface area contributed by atoms with Crippen LogP contribution in [0.5, 0.6) is 0 Å². The highest BCUT2D eigenvalue weighted by atomic mass is 15.0. The molecular formula is C12H24N2. The highest BCUT2D eigenvalue weighted by Crippen LogP contribution is 2.29. The Bertz CT molecular complexity index is 158. The van der Waals surface area contributed by atoms with Crippen molar-refractivity contribution in [3.8, 4) is 0 Å². The Morgan fingerprint density at radius 3 is 2.43 bits per heavy atom. The van der Waals surface area contributed by atoms with Gasteiger partial charge in [0.1, 0.15) is 0 Å². The van der Waals surface area contributed by atoms with Crippen molar-refractivity contribution in [3.05, 3.63) is 0 Å². The molecule has 0 spiro atoms. The van der Waals surface area contributed by atoms with Crippen molar-refractivity contribution in [2.75, 3.05) is 13.6 Å². The first-order valence-electron chi connectivity index (χ1n) is 6.32. The van der Waals surface area contributed by atoms with Gasteiger partial charge in [-0.1, -0.05) is 19.3 Å². The van der Waals surface area contributed by atoms with Gasteiger partial charge in [0.05, 0.1) is 0 Å². The minimum absolute atomic E-state index is 0.734. The summed E-state index contributed by atoms with van der Waals surface area (Å²) in [4.78, 5) is 0. The quantitative estimate of drug-likeness (QED) is 0.720. The first-order chi connectivity index (χ1) is 6.92. The summed E-state index contributed by atoms with van der Waals surface area (Å²) in [6.07, 6.45) is 10.0. The van der Waals surface area contributed by atoms with E-state index in [2.05, 4.69) is 17.7 Å². The lowest BCUT2D eigenvalue weighted by Crippen LogP contribution is -2.48. The van der Waals surface area contributed by atoms with Crippen LogP contribution in [-0.4, -0.2) is 25.7 Å². The standard InChI is InChI=1S/C12H24N2/c1-13-12(11-8-5-9-14-11)10-6-3-2-4-7-10/h10-14H,2-9H2,1H3. The number of hydrogen-bond acceptors (Lipinski definition) is 2. The topological polar surface area (TPSA) is 24.1 Å². The molecule has 0 bridgehead atoms. The van der Waals surface area contributed by atoms with E-state index in [1.54, 1.807) is 0 Å². The summed E-state index contributed by atoms with van der Waals surface area (Å²) >= 11 is 0. The van der Waals surface area contributed by atoms with Crippen molar-refractivity contribution in [2.24, 2.45) is 5.92 Å². The zero-order valence-electron chi connectivity index (χ0n) is 9.39. The largest absolute Gasteiger partial charge is 0.315 e. The lowest BCUT2D eigenvalue weighted by Gasteiger charge is -2.34. The molecule has 0 aromatic heterocycles. The van der Waals surface area contributed by atoms with E-state index in [0.717, 1.165) is 18.0 Å². The van der Waals surface area contributed by atoms with Crippen LogP contribution in [0.4, 0.5) is 0 Å². The average Bonchev–Trinajstić information content (AvgIpc) is 2.74. The van der Waals surface area contributed by atoms with Crippen LogP contribution in [-0.2, 0) is 0 Å². The van der Waals surface area contributed by atoms with Gasteiger partial charge < -0.3 is 10.6 Å². The molecule has 2 heteroatoms. The molecule has 0 aromatic rings. The van der Waals surface area contributed by atoms with E-state index in [4.69, 9.17) is 0 Å². The van der Waals surface area contributed by atoms with Gasteiger partial charge in [-0.2, -0.15) is 0 Å². The maximum absolute atomic E-state index is 3.64. The second-order valence-electron chi connectivity index (χ2n) is 4.92. The molecule has 0 amide bonds. The molecule has 0 radical (unpaired) electrons. The second kappa shape index (κ2) is 5.13. The van der Waals surface area contributed by atoms with Crippen LogP contribution >= 0.6 is 0 Å². The number of rotatable bonds is 3. The minimum Gasteiger partial charge on any atom is -0.315 e. The van der Waals surface area contributed by atoms with Gasteiger partial charge in [-0.05, 0) is 45.2 Å². The third-order valence-electron chi connectivity index (χ3n) is 4.02. The van der Waals surface area contributed by atoms with Crippen LogP contribution in [0.2, 0.25) is 0 Å². The van der Waals surface area contributed by atoms with Crippen LogP contribution < -0.4 is 10.6 Å². The van der Waals surface area contributed by atoms with Crippen LogP contribution in [0.25, 0.3) is 0 Å². The predicted octanol–water partition coefficient (Wildman–Crippen LogP) is 1.91. The molecule has 2 atom stereocenters. The van der Waals surface area contributed by atoms with Gasteiger partial charge in [0.2, 0.25) is 0 Å². The fourth-order valence-corrected chi connectivity index (χ4v) is 3.28. The third-order valence-corrected chi connectivity index (χ3v) is 4.02. The third kappa shape index (κ3) is 2.29. The van der Waals surface area contributed by atoms with E-state index in [1.807, 2.05) is 0 Å². The number of likely N-dealkylation sites (N-methyl/N-ethyl adjacent to an activating group) is 1. The molecule has 2 N–H and O–H groups in total. The summed E-state index contributed by atoms with van der Waals surface area (Å²) in [6, 6.07) is 1.49. The van der Waals surface area contributed by atoms with Crippen LogP contribution in [0, 0.1) is 5.92 Å². The van der Waals surface area contributed by atoms with Crippen LogP contribution in [0.1, 0.15) is 44.9 Å². The molecule has 1 aliphatic heterocycles. The van der Waals surface area contributed by atoms with Crippen molar-refractivity contribution < 1.29 is 0 Å². The van der Waals surface area contributed by atoms with Gasteiger partial charge in [0, 0.05) is 12.1 Å². The molecule has 1 saturated carbocycles. The molecule has 2 nitrogen and oxygen atoms in total. The van der Waals surface area contributed by atoms with Crippen molar-refractivity contribution in [3.63, 3.8) is 0 Å². The van der Waals surface area contributed by atoms with E-state index >= 15 is 0 Å². The molecule has 1 aliphatic carbocycles. The fourth-order valence-electron chi connectivity index (χ4n) is 3.28. The lowest BCUT2D eigenvalue weighted by atomic mass is 9.81. The van der Waals surface area contributed by atoms with Crippen molar-refractivity contribution in [1.29, 1.82) is 0 Å². The highest BCUT2D eigenvalue weighted by molar-refractivity contribution is 4.91. The van der Waals surface area contributed by atoms with Crippen LogP contribution in [0.15, 0.2) is 0 Å². The van der Waals surface area contributed by atoms with Crippen molar-refractivity contribution in [2.45, 2.75) is 57.0 Å². The Labute approximate surface area is 87.8 Å². The Kier molecular flexibility index (Phi) is 3.82. The van der Waals surface area contributed by atoms with Crippen molar-refractivity contribution >= 4 is 0 Å². The number of nitrogens with one attached hydrogen (secondary N) is 2. The summed E-state index contributed by atoms with van der Waals surface area (Å²) in [5.41, 5.74) is 0. The Morgan fingerprint density at radius 2 is 1.86 bits per heavy atom. The predicted molar refractivity (Wildman–Crippen MR) is 60.4 cm³/mol. The molecule has 82 valence electrons. The minimum atomic E-state index is 0.734. The normalized spacial score (nSPS) is 31.9. The molecule has 2 unspecified atom stereocenters. The molecule has 2 aliphatic rings. The summed E-state index contributed by atoms with van der Waals surface area (Å²) in [7, 11) is 2.14. The van der Waals surface area contributed by atoms with Gasteiger partial charge in [-0.25, -0.2) is 0 Å². The molecular weight excluding hydrogens is 172 g/mol. The lowest BCUT2D eigenvalue weighted by molar-refractivity contribution is 0.240. The van der Waals surface area contributed by atoms with Gasteiger partial charge in [-0.3, -0.25) is 0 Å². The van der Waals surface area contributed by atoms with E-state index in [0.29, 0.717) is 0 Å².